The molecule has 1 aromatic carbocycles. The lowest BCUT2D eigenvalue weighted by Gasteiger charge is -2.01. The van der Waals surface area contributed by atoms with Crippen LogP contribution in [0, 0.1) is 11.6 Å². The second kappa shape index (κ2) is 4.82. The third-order valence-corrected chi connectivity index (χ3v) is 2.23. The van der Waals surface area contributed by atoms with Crippen LogP contribution in [-0.4, -0.2) is 10.7 Å². The molecule has 0 fully saturated rings. The first-order valence-electron chi connectivity index (χ1n) is 5.08. The molecule has 0 N–H and O–H groups in total. The first-order valence-corrected chi connectivity index (χ1v) is 5.08. The molecular formula is C13H10F2N2. The van der Waals surface area contributed by atoms with E-state index in [4.69, 9.17) is 0 Å². The highest BCUT2D eigenvalue weighted by Crippen LogP contribution is 2.19. The van der Waals surface area contributed by atoms with Crippen molar-refractivity contribution in [2.45, 2.75) is 6.92 Å². The van der Waals surface area contributed by atoms with Gasteiger partial charge in [-0.15, -0.1) is 0 Å². The Labute approximate surface area is 97.7 Å². The summed E-state index contributed by atoms with van der Waals surface area (Å²) in [6.45, 7) is 1.73. The van der Waals surface area contributed by atoms with Gasteiger partial charge in [-0.25, -0.2) is 13.8 Å². The minimum Gasteiger partial charge on any atom is -0.255 e. The maximum Gasteiger partial charge on any atom is 0.151 e. The van der Waals surface area contributed by atoms with Gasteiger partial charge in [-0.2, -0.15) is 0 Å². The quantitative estimate of drug-likeness (QED) is 0.727. The number of rotatable bonds is 2. The largest absolute Gasteiger partial charge is 0.255 e. The molecule has 0 atom stereocenters. The van der Waals surface area contributed by atoms with Crippen LogP contribution in [0.15, 0.2) is 47.6 Å². The zero-order valence-electron chi connectivity index (χ0n) is 9.19. The molecule has 0 amide bonds. The molecule has 0 saturated carbocycles. The fraction of sp³-hybridized carbons (Fsp3) is 0.0769. The molecule has 1 heterocycles. The van der Waals surface area contributed by atoms with Gasteiger partial charge in [0.15, 0.2) is 5.82 Å². The van der Waals surface area contributed by atoms with Crippen molar-refractivity contribution in [1.29, 1.82) is 0 Å². The molecule has 0 radical (unpaired) electrons. The normalized spacial score (nSPS) is 11.6. The van der Waals surface area contributed by atoms with Crippen molar-refractivity contribution < 1.29 is 8.78 Å². The first-order chi connectivity index (χ1) is 8.16. The molecule has 1 aromatic heterocycles. The van der Waals surface area contributed by atoms with Crippen LogP contribution < -0.4 is 0 Å². The highest BCUT2D eigenvalue weighted by molar-refractivity contribution is 5.98. The minimum atomic E-state index is -0.680. The predicted octanol–water partition coefficient (Wildman–Crippen LogP) is 3.50. The van der Waals surface area contributed by atoms with Crippen molar-refractivity contribution in [3.63, 3.8) is 0 Å². The molecule has 2 nitrogen and oxygen atoms in total. The van der Waals surface area contributed by atoms with E-state index in [2.05, 4.69) is 9.98 Å². The van der Waals surface area contributed by atoms with E-state index >= 15 is 0 Å². The molecule has 0 aliphatic heterocycles. The van der Waals surface area contributed by atoms with Crippen molar-refractivity contribution >= 4 is 11.4 Å². The first kappa shape index (κ1) is 11.4. The lowest BCUT2D eigenvalue weighted by atomic mass is 10.2. The smallest absolute Gasteiger partial charge is 0.151 e. The Kier molecular flexibility index (Phi) is 3.23. The maximum atomic E-state index is 13.4. The van der Waals surface area contributed by atoms with Crippen molar-refractivity contribution in [1.82, 2.24) is 4.98 Å². The average Bonchev–Trinajstić information content (AvgIpc) is 2.34. The standard InChI is InChI=1S/C13H10F2N2/c1-9(12-4-2-3-7-16-12)17-13-6-5-10(14)8-11(13)15/h2-8H,1H3. The third-order valence-electron chi connectivity index (χ3n) is 2.23. The maximum absolute atomic E-state index is 13.4. The topological polar surface area (TPSA) is 25.2 Å². The molecule has 17 heavy (non-hydrogen) atoms. The minimum absolute atomic E-state index is 0.106. The summed E-state index contributed by atoms with van der Waals surface area (Å²) < 4.78 is 26.1. The van der Waals surface area contributed by atoms with E-state index in [1.54, 1.807) is 25.3 Å². The summed E-state index contributed by atoms with van der Waals surface area (Å²) in [7, 11) is 0. The zero-order valence-corrected chi connectivity index (χ0v) is 9.19. The van der Waals surface area contributed by atoms with Crippen LogP contribution in [0.1, 0.15) is 12.6 Å². The van der Waals surface area contributed by atoms with Gasteiger partial charge in [0.1, 0.15) is 5.82 Å². The van der Waals surface area contributed by atoms with E-state index in [1.807, 2.05) is 6.07 Å². The van der Waals surface area contributed by atoms with Crippen LogP contribution in [0.4, 0.5) is 14.5 Å². The van der Waals surface area contributed by atoms with Crippen molar-refractivity contribution in [2.75, 3.05) is 0 Å². The van der Waals surface area contributed by atoms with E-state index in [9.17, 15) is 8.78 Å². The Morgan fingerprint density at radius 1 is 1.18 bits per heavy atom. The molecule has 2 aromatic rings. The van der Waals surface area contributed by atoms with Crippen molar-refractivity contribution in [3.8, 4) is 0 Å². The molecule has 0 spiro atoms. The number of hydrogen-bond acceptors (Lipinski definition) is 2. The molecule has 0 bridgehead atoms. The molecule has 0 unspecified atom stereocenters. The number of halogens is 2. The number of pyridine rings is 1. The summed E-state index contributed by atoms with van der Waals surface area (Å²) in [5.41, 5.74) is 1.35. The van der Waals surface area contributed by atoms with Gasteiger partial charge in [-0.3, -0.25) is 4.98 Å². The van der Waals surface area contributed by atoms with Gasteiger partial charge < -0.3 is 0 Å². The average molecular weight is 232 g/mol. The van der Waals surface area contributed by atoms with Gasteiger partial charge in [0.2, 0.25) is 0 Å². The fourth-order valence-electron chi connectivity index (χ4n) is 1.39. The highest BCUT2D eigenvalue weighted by Gasteiger charge is 2.04. The molecule has 86 valence electrons. The van der Waals surface area contributed by atoms with E-state index in [-0.39, 0.29) is 5.69 Å². The SMILES string of the molecule is CC(=Nc1ccc(F)cc1F)c1ccccn1. The summed E-state index contributed by atoms with van der Waals surface area (Å²) in [5.74, 6) is -1.29. The molecular weight excluding hydrogens is 222 g/mol. The van der Waals surface area contributed by atoms with E-state index in [0.29, 0.717) is 11.4 Å². The van der Waals surface area contributed by atoms with Gasteiger partial charge in [0.25, 0.3) is 0 Å². The van der Waals surface area contributed by atoms with Gasteiger partial charge in [-0.05, 0) is 31.2 Å². The highest BCUT2D eigenvalue weighted by atomic mass is 19.1. The van der Waals surface area contributed by atoms with Gasteiger partial charge in [-0.1, -0.05) is 6.07 Å². The predicted molar refractivity (Wildman–Crippen MR) is 62.5 cm³/mol. The molecule has 0 saturated heterocycles. The number of benzene rings is 1. The Balaban J connectivity index is 2.36. The van der Waals surface area contributed by atoms with Crippen molar-refractivity contribution in [2.24, 2.45) is 4.99 Å². The van der Waals surface area contributed by atoms with E-state index in [1.165, 1.54) is 12.1 Å². The Bertz CT molecular complexity index is 551. The van der Waals surface area contributed by atoms with Crippen LogP contribution in [0.2, 0.25) is 0 Å². The lowest BCUT2D eigenvalue weighted by Crippen LogP contribution is -1.97. The molecule has 0 aliphatic rings. The zero-order chi connectivity index (χ0) is 12.3. The van der Waals surface area contributed by atoms with Gasteiger partial charge in [0, 0.05) is 12.3 Å². The summed E-state index contributed by atoms with van der Waals surface area (Å²) >= 11 is 0. The number of aliphatic imine (C=N–C) groups is 1. The summed E-state index contributed by atoms with van der Waals surface area (Å²) in [5, 5.41) is 0. The Morgan fingerprint density at radius 2 is 2.00 bits per heavy atom. The Morgan fingerprint density at radius 3 is 2.65 bits per heavy atom. The van der Waals surface area contributed by atoms with E-state index in [0.717, 1.165) is 6.07 Å². The summed E-state index contributed by atoms with van der Waals surface area (Å²) in [6.07, 6.45) is 1.63. The second-order valence-corrected chi connectivity index (χ2v) is 3.51. The lowest BCUT2D eigenvalue weighted by molar-refractivity contribution is 0.585. The van der Waals surface area contributed by atoms with E-state index < -0.39 is 11.6 Å². The monoisotopic (exact) mass is 232 g/mol. The van der Waals surface area contributed by atoms with Crippen LogP contribution >= 0.6 is 0 Å². The molecule has 0 aliphatic carbocycles. The number of aromatic nitrogens is 1. The summed E-state index contributed by atoms with van der Waals surface area (Å²) in [6, 6.07) is 8.67. The van der Waals surface area contributed by atoms with Gasteiger partial charge >= 0.3 is 0 Å². The number of nitrogens with zero attached hydrogens (tertiary/aromatic N) is 2. The molecule has 4 heteroatoms. The summed E-state index contributed by atoms with van der Waals surface area (Å²) in [4.78, 5) is 8.18. The molecule has 2 rings (SSSR count). The van der Waals surface area contributed by atoms with Crippen molar-refractivity contribution in [3.05, 3.63) is 59.9 Å². The second-order valence-electron chi connectivity index (χ2n) is 3.51. The van der Waals surface area contributed by atoms with Crippen LogP contribution in [0.5, 0.6) is 0 Å². The van der Waals surface area contributed by atoms with Gasteiger partial charge in [0.05, 0.1) is 17.1 Å². The Hall–Kier alpha value is -2.10. The third kappa shape index (κ3) is 2.72. The van der Waals surface area contributed by atoms with Crippen LogP contribution in [0.3, 0.4) is 0 Å². The number of hydrogen-bond donors (Lipinski definition) is 0. The fourth-order valence-corrected chi connectivity index (χ4v) is 1.39. The van der Waals surface area contributed by atoms with Crippen LogP contribution in [0.25, 0.3) is 0 Å². The van der Waals surface area contributed by atoms with Crippen LogP contribution in [-0.2, 0) is 0 Å².